The lowest BCUT2D eigenvalue weighted by Gasteiger charge is -2.15. The zero-order valence-electron chi connectivity index (χ0n) is 7.37. The lowest BCUT2D eigenvalue weighted by molar-refractivity contribution is 0.175. The molecule has 0 saturated carbocycles. The second kappa shape index (κ2) is 4.99. The number of aliphatic hydroxyl groups excluding tert-OH is 1. The predicted molar refractivity (Wildman–Crippen MR) is 59.4 cm³/mol. The van der Waals surface area contributed by atoms with Crippen molar-refractivity contribution in [2.75, 3.05) is 0 Å². The van der Waals surface area contributed by atoms with Crippen LogP contribution in [-0.4, -0.2) is 9.93 Å². The Kier molecular flexibility index (Phi) is 4.23. The summed E-state index contributed by atoms with van der Waals surface area (Å²) in [4.78, 5) is 0.105. The van der Waals surface area contributed by atoms with E-state index in [2.05, 4.69) is 15.9 Å². The van der Waals surface area contributed by atoms with Crippen LogP contribution in [0.1, 0.15) is 25.0 Å². The van der Waals surface area contributed by atoms with Gasteiger partial charge in [-0.3, -0.25) is 0 Å². The molecule has 1 aromatic rings. The van der Waals surface area contributed by atoms with Crippen molar-refractivity contribution in [1.82, 2.24) is 0 Å². The normalized spacial score (nSPS) is 15.4. The molecule has 0 aliphatic carbocycles. The van der Waals surface area contributed by atoms with Crippen molar-refractivity contribution in [2.24, 2.45) is 0 Å². The molecule has 0 radical (unpaired) electrons. The van der Waals surface area contributed by atoms with Crippen molar-refractivity contribution >= 4 is 27.5 Å². The summed E-state index contributed by atoms with van der Waals surface area (Å²) in [7, 11) is 0. The summed E-state index contributed by atoms with van der Waals surface area (Å²) in [6.45, 7) is 2.03. The minimum absolute atomic E-state index is 0.105. The van der Waals surface area contributed by atoms with Gasteiger partial charge in [-0.15, -0.1) is 0 Å². The van der Waals surface area contributed by atoms with E-state index in [-0.39, 0.29) is 4.83 Å². The number of benzene rings is 1. The highest BCUT2D eigenvalue weighted by Crippen LogP contribution is 2.25. The van der Waals surface area contributed by atoms with Crippen molar-refractivity contribution < 1.29 is 5.11 Å². The van der Waals surface area contributed by atoms with Gasteiger partial charge in [0.05, 0.1) is 6.10 Å². The zero-order chi connectivity index (χ0) is 9.84. The zero-order valence-corrected chi connectivity index (χ0v) is 9.72. The molecule has 1 nitrogen and oxygen atoms in total. The summed E-state index contributed by atoms with van der Waals surface area (Å²) in [6.07, 6.45) is 0.436. The van der Waals surface area contributed by atoms with Gasteiger partial charge in [0.15, 0.2) is 0 Å². The molecule has 0 aliphatic rings. The van der Waals surface area contributed by atoms with E-state index in [0.717, 1.165) is 12.0 Å². The number of rotatable bonds is 3. The second-order valence-electron chi connectivity index (χ2n) is 2.92. The van der Waals surface area contributed by atoms with Crippen LogP contribution in [0.4, 0.5) is 0 Å². The van der Waals surface area contributed by atoms with Crippen LogP contribution < -0.4 is 0 Å². The van der Waals surface area contributed by atoms with E-state index < -0.39 is 6.10 Å². The highest BCUT2D eigenvalue weighted by molar-refractivity contribution is 9.09. The number of alkyl halides is 1. The first-order valence-electron chi connectivity index (χ1n) is 4.22. The minimum Gasteiger partial charge on any atom is -0.387 e. The van der Waals surface area contributed by atoms with Crippen LogP contribution in [-0.2, 0) is 0 Å². The molecule has 0 spiro atoms. The smallest absolute Gasteiger partial charge is 0.0914 e. The fraction of sp³-hybridized carbons (Fsp3) is 0.400. The Bertz CT molecular complexity index is 260. The number of aliphatic hydroxyl groups is 1. The average molecular weight is 264 g/mol. The number of hydrogen-bond acceptors (Lipinski definition) is 1. The molecule has 0 amide bonds. The number of hydrogen-bond donors (Lipinski definition) is 1. The van der Waals surface area contributed by atoms with Gasteiger partial charge in [-0.05, 0) is 24.1 Å². The maximum absolute atomic E-state index is 9.79. The molecule has 1 rings (SSSR count). The lowest BCUT2D eigenvalue weighted by atomic mass is 10.1. The summed E-state index contributed by atoms with van der Waals surface area (Å²) in [5, 5.41) is 10.5. The molecule has 2 unspecified atom stereocenters. The topological polar surface area (TPSA) is 20.2 Å². The first-order chi connectivity index (χ1) is 6.15. The summed E-state index contributed by atoms with van der Waals surface area (Å²) < 4.78 is 0. The van der Waals surface area contributed by atoms with Crippen molar-refractivity contribution in [3.05, 3.63) is 34.9 Å². The Labute approximate surface area is 91.9 Å². The van der Waals surface area contributed by atoms with Crippen LogP contribution in [0.2, 0.25) is 5.02 Å². The van der Waals surface area contributed by atoms with Gasteiger partial charge in [-0.2, -0.15) is 0 Å². The molecule has 1 aromatic carbocycles. The summed E-state index contributed by atoms with van der Waals surface area (Å²) in [5.74, 6) is 0. The van der Waals surface area contributed by atoms with Crippen LogP contribution >= 0.6 is 27.5 Å². The highest BCUT2D eigenvalue weighted by atomic mass is 79.9. The summed E-state index contributed by atoms with van der Waals surface area (Å²) >= 11 is 9.15. The Balaban J connectivity index is 2.77. The van der Waals surface area contributed by atoms with Gasteiger partial charge < -0.3 is 5.11 Å². The second-order valence-corrected chi connectivity index (χ2v) is 4.53. The molecule has 0 heterocycles. The Morgan fingerprint density at radius 1 is 1.38 bits per heavy atom. The summed E-state index contributed by atoms with van der Waals surface area (Å²) in [5.41, 5.74) is 0.896. The maximum Gasteiger partial charge on any atom is 0.0914 e. The molecule has 0 saturated heterocycles. The van der Waals surface area contributed by atoms with E-state index in [1.807, 2.05) is 19.1 Å². The minimum atomic E-state index is -0.456. The first-order valence-corrected chi connectivity index (χ1v) is 5.52. The maximum atomic E-state index is 9.79. The molecule has 13 heavy (non-hydrogen) atoms. The van der Waals surface area contributed by atoms with Crippen LogP contribution in [0.25, 0.3) is 0 Å². The van der Waals surface area contributed by atoms with Crippen molar-refractivity contribution in [2.45, 2.75) is 24.3 Å². The van der Waals surface area contributed by atoms with Crippen molar-refractivity contribution in [3.63, 3.8) is 0 Å². The molecule has 0 aromatic heterocycles. The quantitative estimate of drug-likeness (QED) is 0.827. The van der Waals surface area contributed by atoms with Gasteiger partial charge in [0.1, 0.15) is 0 Å². The fourth-order valence-corrected chi connectivity index (χ4v) is 1.52. The van der Waals surface area contributed by atoms with E-state index in [9.17, 15) is 5.11 Å². The molecule has 0 bridgehead atoms. The third-order valence-electron chi connectivity index (χ3n) is 1.94. The average Bonchev–Trinajstić information content (AvgIpc) is 2.17. The molecule has 1 N–H and O–H groups in total. The molecule has 3 heteroatoms. The van der Waals surface area contributed by atoms with Gasteiger partial charge in [0.2, 0.25) is 0 Å². The van der Waals surface area contributed by atoms with E-state index >= 15 is 0 Å². The van der Waals surface area contributed by atoms with Gasteiger partial charge in [-0.25, -0.2) is 0 Å². The van der Waals surface area contributed by atoms with Gasteiger partial charge in [0, 0.05) is 9.85 Å². The lowest BCUT2D eigenvalue weighted by Crippen LogP contribution is -2.10. The number of halogens is 2. The van der Waals surface area contributed by atoms with Crippen LogP contribution in [0.3, 0.4) is 0 Å². The summed E-state index contributed by atoms with van der Waals surface area (Å²) in [6, 6.07) is 7.26. The monoisotopic (exact) mass is 262 g/mol. The SMILES string of the molecule is CCC(Br)C(O)c1ccc(Cl)cc1. The van der Waals surface area contributed by atoms with Gasteiger partial charge in [0.25, 0.3) is 0 Å². The highest BCUT2D eigenvalue weighted by Gasteiger charge is 2.15. The predicted octanol–water partition coefficient (Wildman–Crippen LogP) is 3.55. The van der Waals surface area contributed by atoms with Gasteiger partial charge >= 0.3 is 0 Å². The van der Waals surface area contributed by atoms with Crippen LogP contribution in [0.5, 0.6) is 0 Å². The van der Waals surface area contributed by atoms with Crippen molar-refractivity contribution in [3.8, 4) is 0 Å². The van der Waals surface area contributed by atoms with Gasteiger partial charge in [-0.1, -0.05) is 46.6 Å². The molecule has 72 valence electrons. The standard InChI is InChI=1S/C10H12BrClO/c1-2-9(11)10(13)7-3-5-8(12)6-4-7/h3-6,9-10,13H,2H2,1H3. The van der Waals surface area contributed by atoms with Crippen LogP contribution in [0, 0.1) is 0 Å². The Morgan fingerprint density at radius 2 is 1.92 bits per heavy atom. The fourth-order valence-electron chi connectivity index (χ4n) is 1.09. The molecule has 0 aliphatic heterocycles. The largest absolute Gasteiger partial charge is 0.387 e. The Morgan fingerprint density at radius 3 is 2.38 bits per heavy atom. The van der Waals surface area contributed by atoms with Crippen molar-refractivity contribution in [1.29, 1.82) is 0 Å². The van der Waals surface area contributed by atoms with E-state index in [1.54, 1.807) is 12.1 Å². The van der Waals surface area contributed by atoms with E-state index in [0.29, 0.717) is 5.02 Å². The Hall–Kier alpha value is -0.0500. The van der Waals surface area contributed by atoms with E-state index in [1.165, 1.54) is 0 Å². The van der Waals surface area contributed by atoms with E-state index in [4.69, 9.17) is 11.6 Å². The first kappa shape index (κ1) is 11.0. The third-order valence-corrected chi connectivity index (χ3v) is 3.34. The van der Waals surface area contributed by atoms with Crippen LogP contribution in [0.15, 0.2) is 24.3 Å². The molecular formula is C10H12BrClO. The molecule has 2 atom stereocenters. The molecule has 0 fully saturated rings. The molecular weight excluding hydrogens is 251 g/mol. The third kappa shape index (κ3) is 2.97.